The molecule has 1 aromatic carbocycles. The zero-order valence-electron chi connectivity index (χ0n) is 7.14. The normalized spacial score (nSPS) is 13.5. The van der Waals surface area contributed by atoms with Crippen LogP contribution in [0.2, 0.25) is 0 Å². The molecule has 0 aliphatic carbocycles. The molecule has 0 heterocycles. The number of hydrogen-bond acceptors (Lipinski definition) is 2. The summed E-state index contributed by atoms with van der Waals surface area (Å²) in [5, 5.41) is 9.00. The zero-order valence-corrected chi connectivity index (χ0v) is 7.14. The highest BCUT2D eigenvalue weighted by Crippen LogP contribution is 2.14. The van der Waals surface area contributed by atoms with Crippen molar-refractivity contribution in [3.05, 3.63) is 35.9 Å². The van der Waals surface area contributed by atoms with Crippen molar-refractivity contribution in [2.75, 3.05) is 6.61 Å². The molecule has 2 nitrogen and oxygen atoms in total. The van der Waals surface area contributed by atoms with Crippen LogP contribution in [-0.4, -0.2) is 17.9 Å². The van der Waals surface area contributed by atoms with Crippen LogP contribution < -0.4 is 0 Å². The molecule has 0 bridgehead atoms. The van der Waals surface area contributed by atoms with Crippen molar-refractivity contribution in [1.29, 1.82) is 0 Å². The van der Waals surface area contributed by atoms with Gasteiger partial charge in [-0.25, -0.2) is 0 Å². The third-order valence-electron chi connectivity index (χ3n) is 1.69. The third kappa shape index (κ3) is 2.17. The summed E-state index contributed by atoms with van der Waals surface area (Å²) < 4.78 is 0. The molecule has 0 radical (unpaired) electrons. The van der Waals surface area contributed by atoms with E-state index < -0.39 is 0 Å². The van der Waals surface area contributed by atoms with Crippen LogP contribution in [0, 0.1) is 0 Å². The lowest BCUT2D eigenvalue weighted by Crippen LogP contribution is -2.00. The van der Waals surface area contributed by atoms with Crippen molar-refractivity contribution >= 4 is 6.21 Å². The molecule has 0 unspecified atom stereocenters. The van der Waals surface area contributed by atoms with Gasteiger partial charge in [0.1, 0.15) is 0 Å². The first-order chi connectivity index (χ1) is 5.88. The van der Waals surface area contributed by atoms with Crippen LogP contribution in [0.15, 0.2) is 35.3 Å². The van der Waals surface area contributed by atoms with Crippen molar-refractivity contribution in [3.8, 4) is 0 Å². The Morgan fingerprint density at radius 3 is 2.58 bits per heavy atom. The summed E-state index contributed by atoms with van der Waals surface area (Å²) in [6.45, 7) is 1.92. The van der Waals surface area contributed by atoms with Gasteiger partial charge in [-0.1, -0.05) is 30.3 Å². The van der Waals surface area contributed by atoms with E-state index in [0.717, 1.165) is 5.56 Å². The van der Waals surface area contributed by atoms with Crippen molar-refractivity contribution in [3.63, 3.8) is 0 Å². The summed E-state index contributed by atoms with van der Waals surface area (Å²) in [6.07, 6.45) is 1.72. The molecule has 1 rings (SSSR count). The molecule has 12 heavy (non-hydrogen) atoms. The summed E-state index contributed by atoms with van der Waals surface area (Å²) in [7, 11) is 0. The Balaban J connectivity index is 2.80. The van der Waals surface area contributed by atoms with Gasteiger partial charge in [-0.2, -0.15) is 0 Å². The molecule has 1 N–H and O–H groups in total. The predicted molar refractivity (Wildman–Crippen MR) is 50.4 cm³/mol. The Morgan fingerprint density at radius 1 is 1.42 bits per heavy atom. The average molecular weight is 163 g/mol. The van der Waals surface area contributed by atoms with Crippen LogP contribution in [-0.2, 0) is 0 Å². The van der Waals surface area contributed by atoms with E-state index in [2.05, 4.69) is 4.99 Å². The van der Waals surface area contributed by atoms with E-state index in [1.165, 1.54) is 0 Å². The monoisotopic (exact) mass is 163 g/mol. The molecular weight excluding hydrogens is 150 g/mol. The summed E-state index contributed by atoms with van der Waals surface area (Å²) in [4.78, 5) is 4.14. The minimum absolute atomic E-state index is 0.0638. The van der Waals surface area contributed by atoms with E-state index in [1.54, 1.807) is 6.21 Å². The van der Waals surface area contributed by atoms with Crippen LogP contribution in [0.25, 0.3) is 0 Å². The maximum Gasteiger partial charge on any atom is 0.0975 e. The highest BCUT2D eigenvalue weighted by atomic mass is 16.3. The van der Waals surface area contributed by atoms with Gasteiger partial charge < -0.3 is 5.11 Å². The molecule has 0 saturated carbocycles. The lowest BCUT2D eigenvalue weighted by atomic mass is 10.1. The topological polar surface area (TPSA) is 32.6 Å². The largest absolute Gasteiger partial charge is 0.394 e. The summed E-state index contributed by atoms with van der Waals surface area (Å²) in [5.41, 5.74) is 1.05. The fourth-order valence-electron chi connectivity index (χ4n) is 1.09. The second kappa shape index (κ2) is 4.67. The molecule has 64 valence electrons. The van der Waals surface area contributed by atoms with Gasteiger partial charge in [0.15, 0.2) is 0 Å². The van der Waals surface area contributed by atoms with E-state index in [-0.39, 0.29) is 12.6 Å². The Morgan fingerprint density at radius 2 is 2.08 bits per heavy atom. The number of nitrogens with zero attached hydrogens (tertiary/aromatic N) is 1. The minimum atomic E-state index is -0.101. The van der Waals surface area contributed by atoms with Crippen LogP contribution in [0.5, 0.6) is 0 Å². The van der Waals surface area contributed by atoms with E-state index in [1.807, 2.05) is 37.3 Å². The van der Waals surface area contributed by atoms with Crippen molar-refractivity contribution in [2.45, 2.75) is 13.0 Å². The van der Waals surface area contributed by atoms with Gasteiger partial charge in [0, 0.05) is 0 Å². The average Bonchev–Trinajstić information content (AvgIpc) is 2.15. The van der Waals surface area contributed by atoms with Gasteiger partial charge in [-0.15, -0.1) is 0 Å². The Bertz CT molecular complexity index is 243. The molecular formula is C10H13NO. The first-order valence-electron chi connectivity index (χ1n) is 4.02. The highest BCUT2D eigenvalue weighted by Gasteiger charge is 2.04. The first kappa shape index (κ1) is 8.94. The lowest BCUT2D eigenvalue weighted by Gasteiger charge is -2.07. The Hall–Kier alpha value is -1.15. The second-order valence-corrected chi connectivity index (χ2v) is 2.52. The van der Waals surface area contributed by atoms with E-state index in [4.69, 9.17) is 5.11 Å². The SMILES string of the molecule is CC=N[C@@H](CO)c1ccccc1. The van der Waals surface area contributed by atoms with E-state index >= 15 is 0 Å². The number of aliphatic hydroxyl groups excluding tert-OH is 1. The maximum atomic E-state index is 9.00. The highest BCUT2D eigenvalue weighted by molar-refractivity contribution is 5.54. The van der Waals surface area contributed by atoms with Crippen molar-refractivity contribution in [1.82, 2.24) is 0 Å². The van der Waals surface area contributed by atoms with Crippen LogP contribution in [0.1, 0.15) is 18.5 Å². The molecule has 0 aromatic heterocycles. The predicted octanol–water partition coefficient (Wildman–Crippen LogP) is 1.81. The van der Waals surface area contributed by atoms with Crippen LogP contribution >= 0.6 is 0 Å². The quantitative estimate of drug-likeness (QED) is 0.677. The number of aliphatic imine (C=N–C) groups is 1. The first-order valence-corrected chi connectivity index (χ1v) is 4.02. The number of rotatable bonds is 3. The van der Waals surface area contributed by atoms with Crippen LogP contribution in [0.3, 0.4) is 0 Å². The van der Waals surface area contributed by atoms with Gasteiger partial charge in [0.25, 0.3) is 0 Å². The maximum absolute atomic E-state index is 9.00. The number of aliphatic hydroxyl groups is 1. The van der Waals surface area contributed by atoms with Gasteiger partial charge in [-0.05, 0) is 18.7 Å². The molecule has 0 fully saturated rings. The van der Waals surface area contributed by atoms with Gasteiger partial charge in [0.2, 0.25) is 0 Å². The number of benzene rings is 1. The second-order valence-electron chi connectivity index (χ2n) is 2.52. The number of hydrogen-bond donors (Lipinski definition) is 1. The van der Waals surface area contributed by atoms with Crippen molar-refractivity contribution in [2.24, 2.45) is 4.99 Å². The fraction of sp³-hybridized carbons (Fsp3) is 0.300. The lowest BCUT2D eigenvalue weighted by molar-refractivity contribution is 0.269. The molecule has 0 aliphatic heterocycles. The third-order valence-corrected chi connectivity index (χ3v) is 1.69. The minimum Gasteiger partial charge on any atom is -0.394 e. The Labute approximate surface area is 72.6 Å². The molecule has 1 atom stereocenters. The zero-order chi connectivity index (χ0) is 8.81. The van der Waals surface area contributed by atoms with Gasteiger partial charge in [-0.3, -0.25) is 4.99 Å². The van der Waals surface area contributed by atoms with Gasteiger partial charge >= 0.3 is 0 Å². The van der Waals surface area contributed by atoms with Gasteiger partial charge in [0.05, 0.1) is 12.6 Å². The molecule has 0 aliphatic rings. The summed E-state index contributed by atoms with van der Waals surface area (Å²) in [5.74, 6) is 0. The summed E-state index contributed by atoms with van der Waals surface area (Å²) >= 11 is 0. The Kier molecular flexibility index (Phi) is 3.48. The summed E-state index contributed by atoms with van der Waals surface area (Å²) in [6, 6.07) is 9.68. The molecule has 2 heteroatoms. The molecule has 0 amide bonds. The van der Waals surface area contributed by atoms with Crippen molar-refractivity contribution < 1.29 is 5.11 Å². The molecule has 0 saturated heterocycles. The van der Waals surface area contributed by atoms with Crippen LogP contribution in [0.4, 0.5) is 0 Å². The fourth-order valence-corrected chi connectivity index (χ4v) is 1.09. The van der Waals surface area contributed by atoms with E-state index in [0.29, 0.717) is 0 Å². The molecule has 1 aromatic rings. The van der Waals surface area contributed by atoms with E-state index in [9.17, 15) is 0 Å². The molecule has 0 spiro atoms. The standard InChI is InChI=1S/C10H13NO/c1-2-11-10(8-12)9-6-4-3-5-7-9/h2-7,10,12H,8H2,1H3/t10-/m0/s1. The smallest absolute Gasteiger partial charge is 0.0975 e.